The molecule has 25 heavy (non-hydrogen) atoms. The molecule has 1 amide bonds. The van der Waals surface area contributed by atoms with Gasteiger partial charge in [-0.25, -0.2) is 0 Å². The van der Waals surface area contributed by atoms with Crippen molar-refractivity contribution in [2.45, 2.75) is 13.5 Å². The highest BCUT2D eigenvalue weighted by Gasteiger charge is 2.11. The summed E-state index contributed by atoms with van der Waals surface area (Å²) in [4.78, 5) is 16.1. The van der Waals surface area contributed by atoms with E-state index >= 15 is 0 Å². The van der Waals surface area contributed by atoms with E-state index < -0.39 is 0 Å². The molecule has 0 unspecified atom stereocenters. The number of halogens is 1. The second-order valence-electron chi connectivity index (χ2n) is 5.45. The lowest BCUT2D eigenvalue weighted by molar-refractivity contribution is -0.116. The van der Waals surface area contributed by atoms with Gasteiger partial charge in [-0.05, 0) is 30.7 Å². The second-order valence-corrected chi connectivity index (χ2v) is 5.86. The highest BCUT2D eigenvalue weighted by atomic mass is 35.5. The van der Waals surface area contributed by atoms with Crippen LogP contribution in [-0.2, 0) is 11.3 Å². The smallest absolute Gasteiger partial charge is 0.246 e. The van der Waals surface area contributed by atoms with Crippen LogP contribution in [0.5, 0.6) is 0 Å². The van der Waals surface area contributed by atoms with Crippen molar-refractivity contribution in [1.82, 2.24) is 15.5 Å². The van der Waals surface area contributed by atoms with E-state index in [1.165, 1.54) is 11.6 Å². The molecule has 0 aliphatic heterocycles. The van der Waals surface area contributed by atoms with Gasteiger partial charge in [-0.1, -0.05) is 58.7 Å². The molecule has 3 rings (SSSR count). The van der Waals surface area contributed by atoms with E-state index in [0.29, 0.717) is 22.3 Å². The number of aromatic nitrogens is 2. The van der Waals surface area contributed by atoms with E-state index in [1.54, 1.807) is 18.2 Å². The van der Waals surface area contributed by atoms with Crippen molar-refractivity contribution in [3.05, 3.63) is 76.6 Å². The van der Waals surface area contributed by atoms with Crippen LogP contribution in [-0.4, -0.2) is 16.0 Å². The highest BCUT2D eigenvalue weighted by molar-refractivity contribution is 6.33. The Morgan fingerprint density at radius 3 is 2.72 bits per heavy atom. The highest BCUT2D eigenvalue weighted by Crippen LogP contribution is 2.24. The predicted octanol–water partition coefficient (Wildman–Crippen LogP) is 4.03. The minimum atomic E-state index is -0.238. The molecule has 0 saturated heterocycles. The zero-order valence-corrected chi connectivity index (χ0v) is 14.3. The van der Waals surface area contributed by atoms with Crippen LogP contribution in [0.3, 0.4) is 0 Å². The fourth-order valence-electron chi connectivity index (χ4n) is 2.15. The summed E-state index contributed by atoms with van der Waals surface area (Å²) in [5.41, 5.74) is 2.82. The average molecular weight is 354 g/mol. The zero-order chi connectivity index (χ0) is 17.6. The van der Waals surface area contributed by atoms with Crippen LogP contribution in [0.4, 0.5) is 0 Å². The standard InChI is InChI=1S/C19H16ClN3O2/c1-13-6-8-14(9-7-13)10-11-17(24)21-12-18-22-19(23-25-18)15-4-2-3-5-16(15)20/h2-11H,12H2,1H3,(H,21,24)/b11-10+. The number of aryl methyl sites for hydroxylation is 1. The van der Waals surface area contributed by atoms with E-state index in [2.05, 4.69) is 15.5 Å². The number of amides is 1. The maximum absolute atomic E-state index is 11.9. The number of carbonyl (C=O) groups is 1. The van der Waals surface area contributed by atoms with Crippen molar-refractivity contribution in [2.75, 3.05) is 0 Å². The van der Waals surface area contributed by atoms with Crippen molar-refractivity contribution in [2.24, 2.45) is 0 Å². The number of hydrogen-bond acceptors (Lipinski definition) is 4. The number of rotatable bonds is 5. The molecule has 126 valence electrons. The first-order valence-corrected chi connectivity index (χ1v) is 8.10. The van der Waals surface area contributed by atoms with Crippen molar-refractivity contribution >= 4 is 23.6 Å². The Morgan fingerprint density at radius 2 is 1.96 bits per heavy atom. The third-order valence-corrected chi connectivity index (χ3v) is 3.83. The molecule has 2 aromatic carbocycles. The Balaban J connectivity index is 1.58. The lowest BCUT2D eigenvalue weighted by Gasteiger charge is -1.98. The Labute approximate surface area is 150 Å². The van der Waals surface area contributed by atoms with Gasteiger partial charge in [0.15, 0.2) is 0 Å². The number of benzene rings is 2. The van der Waals surface area contributed by atoms with Gasteiger partial charge < -0.3 is 9.84 Å². The van der Waals surface area contributed by atoms with Crippen molar-refractivity contribution in [1.29, 1.82) is 0 Å². The quantitative estimate of drug-likeness (QED) is 0.703. The largest absolute Gasteiger partial charge is 0.343 e. The zero-order valence-electron chi connectivity index (χ0n) is 13.6. The second kappa shape index (κ2) is 7.77. The predicted molar refractivity (Wildman–Crippen MR) is 96.8 cm³/mol. The fraction of sp³-hybridized carbons (Fsp3) is 0.105. The summed E-state index contributed by atoms with van der Waals surface area (Å²) >= 11 is 6.10. The molecule has 6 heteroatoms. The minimum absolute atomic E-state index is 0.147. The molecular formula is C19H16ClN3O2. The number of nitrogens with one attached hydrogen (secondary N) is 1. The van der Waals surface area contributed by atoms with Crippen LogP contribution in [0.2, 0.25) is 5.02 Å². The molecule has 5 nitrogen and oxygen atoms in total. The lowest BCUT2D eigenvalue weighted by atomic mass is 10.1. The normalized spacial score (nSPS) is 11.0. The van der Waals surface area contributed by atoms with Crippen LogP contribution >= 0.6 is 11.6 Å². The van der Waals surface area contributed by atoms with Crippen LogP contribution < -0.4 is 5.32 Å². The van der Waals surface area contributed by atoms with Gasteiger partial charge in [0.1, 0.15) is 0 Å². The summed E-state index contributed by atoms with van der Waals surface area (Å²) in [5, 5.41) is 7.13. The number of nitrogens with zero attached hydrogens (tertiary/aromatic N) is 2. The van der Waals surface area contributed by atoms with Crippen LogP contribution in [0.25, 0.3) is 17.5 Å². The number of carbonyl (C=O) groups excluding carboxylic acids is 1. The Hall–Kier alpha value is -2.92. The van der Waals surface area contributed by atoms with E-state index in [1.807, 2.05) is 43.3 Å². The molecule has 0 fully saturated rings. The molecule has 1 aromatic heterocycles. The molecular weight excluding hydrogens is 338 g/mol. The molecule has 0 spiro atoms. The van der Waals surface area contributed by atoms with Crippen molar-refractivity contribution in [3.8, 4) is 11.4 Å². The molecule has 3 aromatic rings. The molecule has 0 aliphatic carbocycles. The number of hydrogen-bond donors (Lipinski definition) is 1. The Kier molecular flexibility index (Phi) is 5.26. The van der Waals surface area contributed by atoms with Gasteiger partial charge in [0.05, 0.1) is 11.6 Å². The molecule has 0 atom stereocenters. The topological polar surface area (TPSA) is 68.0 Å². The Morgan fingerprint density at radius 1 is 1.20 bits per heavy atom. The SMILES string of the molecule is Cc1ccc(/C=C/C(=O)NCc2nc(-c3ccccc3Cl)no2)cc1. The fourth-order valence-corrected chi connectivity index (χ4v) is 2.37. The van der Waals surface area contributed by atoms with E-state index in [4.69, 9.17) is 16.1 Å². The first-order valence-electron chi connectivity index (χ1n) is 7.72. The Bertz CT molecular complexity index is 901. The molecule has 0 radical (unpaired) electrons. The molecule has 1 heterocycles. The third-order valence-electron chi connectivity index (χ3n) is 3.50. The van der Waals surface area contributed by atoms with Gasteiger partial charge in [0.25, 0.3) is 0 Å². The molecule has 1 N–H and O–H groups in total. The maximum atomic E-state index is 11.9. The van der Waals surface area contributed by atoms with Gasteiger partial charge in [-0.15, -0.1) is 0 Å². The van der Waals surface area contributed by atoms with Crippen LogP contribution in [0, 0.1) is 6.92 Å². The average Bonchev–Trinajstić information content (AvgIpc) is 3.08. The van der Waals surface area contributed by atoms with Crippen molar-refractivity contribution in [3.63, 3.8) is 0 Å². The lowest BCUT2D eigenvalue weighted by Crippen LogP contribution is -2.20. The molecule has 0 aliphatic rings. The minimum Gasteiger partial charge on any atom is -0.343 e. The first-order chi connectivity index (χ1) is 12.1. The maximum Gasteiger partial charge on any atom is 0.246 e. The summed E-state index contributed by atoms with van der Waals surface area (Å²) in [6.07, 6.45) is 3.22. The monoisotopic (exact) mass is 353 g/mol. The summed E-state index contributed by atoms with van der Waals surface area (Å²) < 4.78 is 5.14. The van der Waals surface area contributed by atoms with E-state index in [0.717, 1.165) is 5.56 Å². The molecule has 0 saturated carbocycles. The van der Waals surface area contributed by atoms with Gasteiger partial charge >= 0.3 is 0 Å². The summed E-state index contributed by atoms with van der Waals surface area (Å²) in [6, 6.07) is 15.1. The van der Waals surface area contributed by atoms with Gasteiger partial charge in [-0.2, -0.15) is 4.98 Å². The molecule has 0 bridgehead atoms. The van der Waals surface area contributed by atoms with Crippen molar-refractivity contribution < 1.29 is 9.32 Å². The van der Waals surface area contributed by atoms with Gasteiger partial charge in [0, 0.05) is 11.6 Å². The van der Waals surface area contributed by atoms with E-state index in [9.17, 15) is 4.79 Å². The first kappa shape index (κ1) is 16.9. The third kappa shape index (κ3) is 4.55. The summed E-state index contributed by atoms with van der Waals surface area (Å²) in [6.45, 7) is 2.16. The summed E-state index contributed by atoms with van der Waals surface area (Å²) in [5.74, 6) is 0.468. The van der Waals surface area contributed by atoms with Crippen LogP contribution in [0.15, 0.2) is 59.1 Å². The summed E-state index contributed by atoms with van der Waals surface area (Å²) in [7, 11) is 0. The van der Waals surface area contributed by atoms with Gasteiger partial charge in [-0.3, -0.25) is 4.79 Å². The van der Waals surface area contributed by atoms with Gasteiger partial charge in [0.2, 0.25) is 17.6 Å². The van der Waals surface area contributed by atoms with E-state index in [-0.39, 0.29) is 12.5 Å². The van der Waals surface area contributed by atoms with Crippen LogP contribution in [0.1, 0.15) is 17.0 Å².